The van der Waals surface area contributed by atoms with Crippen LogP contribution in [0.25, 0.3) is 0 Å². The second kappa shape index (κ2) is 3.56. The Morgan fingerprint density at radius 3 is 2.82 bits per heavy atom. The lowest BCUT2D eigenvalue weighted by Crippen LogP contribution is -1.88. The van der Waals surface area contributed by atoms with Crippen molar-refractivity contribution in [2.45, 2.75) is 26.7 Å². The molecule has 1 aliphatic carbocycles. The fraction of sp³-hybridized carbons (Fsp3) is 0.455. The summed E-state index contributed by atoms with van der Waals surface area (Å²) >= 11 is 0. The molecule has 1 rings (SSSR count). The van der Waals surface area contributed by atoms with Gasteiger partial charge in [0.1, 0.15) is 0 Å². The van der Waals surface area contributed by atoms with Gasteiger partial charge in [-0.2, -0.15) is 0 Å². The van der Waals surface area contributed by atoms with E-state index in [0.29, 0.717) is 0 Å². The molecule has 0 saturated carbocycles. The smallest absolute Gasteiger partial charge is 0.0185 e. The van der Waals surface area contributed by atoms with Crippen molar-refractivity contribution in [3.8, 4) is 0 Å². The Morgan fingerprint density at radius 1 is 1.55 bits per heavy atom. The Kier molecular flexibility index (Phi) is 2.70. The summed E-state index contributed by atoms with van der Waals surface area (Å²) in [5.74, 6) is 0.721. The summed E-state index contributed by atoms with van der Waals surface area (Å²) in [6.07, 6.45) is 8.85. The van der Waals surface area contributed by atoms with Crippen LogP contribution in [0.1, 0.15) is 26.7 Å². The Bertz CT molecular complexity index is 206. The first-order valence-corrected chi connectivity index (χ1v) is 4.27. The minimum absolute atomic E-state index is 0.721. The van der Waals surface area contributed by atoms with Gasteiger partial charge >= 0.3 is 0 Å². The molecule has 60 valence electrons. The molecule has 0 heteroatoms. The van der Waals surface area contributed by atoms with Gasteiger partial charge in [-0.15, -0.1) is 0 Å². The fourth-order valence-electron chi connectivity index (χ4n) is 1.70. The van der Waals surface area contributed by atoms with E-state index in [0.717, 1.165) is 5.92 Å². The highest BCUT2D eigenvalue weighted by atomic mass is 14.2. The predicted octanol–water partition coefficient (Wildman–Crippen LogP) is 3.48. The Labute approximate surface area is 69.3 Å². The highest BCUT2D eigenvalue weighted by molar-refractivity contribution is 5.37. The van der Waals surface area contributed by atoms with Gasteiger partial charge < -0.3 is 0 Å². The molecule has 0 aromatic carbocycles. The van der Waals surface area contributed by atoms with E-state index in [1.807, 2.05) is 6.08 Å². The second-order valence-electron chi connectivity index (χ2n) is 3.12. The van der Waals surface area contributed by atoms with Gasteiger partial charge in [0.05, 0.1) is 0 Å². The number of hydrogen-bond donors (Lipinski definition) is 0. The molecule has 1 unspecified atom stereocenters. The van der Waals surface area contributed by atoms with Gasteiger partial charge in [-0.3, -0.25) is 0 Å². The van der Waals surface area contributed by atoms with E-state index in [2.05, 4.69) is 32.6 Å². The van der Waals surface area contributed by atoms with Crippen LogP contribution in [0.2, 0.25) is 0 Å². The van der Waals surface area contributed by atoms with E-state index in [1.54, 1.807) is 0 Å². The Hall–Kier alpha value is -0.780. The van der Waals surface area contributed by atoms with Crippen molar-refractivity contribution in [2.24, 2.45) is 5.92 Å². The summed E-state index contributed by atoms with van der Waals surface area (Å²) in [6.45, 7) is 8.17. The molecule has 1 atom stereocenters. The molecule has 0 heterocycles. The van der Waals surface area contributed by atoms with Crippen LogP contribution in [-0.4, -0.2) is 0 Å². The summed E-state index contributed by atoms with van der Waals surface area (Å²) in [5.41, 5.74) is 2.93. The van der Waals surface area contributed by atoms with Crippen LogP contribution in [0.15, 0.2) is 36.0 Å². The van der Waals surface area contributed by atoms with E-state index in [1.165, 1.54) is 24.0 Å². The molecule has 0 radical (unpaired) electrons. The predicted molar refractivity (Wildman–Crippen MR) is 50.4 cm³/mol. The molecule has 0 aromatic rings. The highest BCUT2D eigenvalue weighted by Gasteiger charge is 2.16. The highest BCUT2D eigenvalue weighted by Crippen LogP contribution is 2.32. The number of allylic oxidation sites excluding steroid dienone is 5. The molecular weight excluding hydrogens is 132 g/mol. The summed E-state index contributed by atoms with van der Waals surface area (Å²) in [6, 6.07) is 0. The van der Waals surface area contributed by atoms with Crippen molar-refractivity contribution in [2.75, 3.05) is 0 Å². The Balaban J connectivity index is 2.88. The average Bonchev–Trinajstić information content (AvgIpc) is 2.33. The first-order valence-electron chi connectivity index (χ1n) is 4.27. The van der Waals surface area contributed by atoms with E-state index in [-0.39, 0.29) is 0 Å². The minimum Gasteiger partial charge on any atom is -0.0988 e. The lowest BCUT2D eigenvalue weighted by molar-refractivity contribution is 0.680. The quantitative estimate of drug-likeness (QED) is 0.562. The van der Waals surface area contributed by atoms with Gasteiger partial charge in [-0.25, -0.2) is 0 Å². The van der Waals surface area contributed by atoms with Crippen molar-refractivity contribution in [1.82, 2.24) is 0 Å². The third-order valence-corrected chi connectivity index (χ3v) is 2.34. The lowest BCUT2D eigenvalue weighted by atomic mass is 10.0. The van der Waals surface area contributed by atoms with Crippen LogP contribution in [-0.2, 0) is 0 Å². The van der Waals surface area contributed by atoms with Crippen molar-refractivity contribution < 1.29 is 0 Å². The zero-order chi connectivity index (χ0) is 8.27. The van der Waals surface area contributed by atoms with E-state index < -0.39 is 0 Å². The summed E-state index contributed by atoms with van der Waals surface area (Å²) in [5, 5.41) is 0. The van der Waals surface area contributed by atoms with Crippen molar-refractivity contribution >= 4 is 0 Å². The fourth-order valence-corrected chi connectivity index (χ4v) is 1.70. The molecular formula is C11H16. The lowest BCUT2D eigenvalue weighted by Gasteiger charge is -2.02. The number of hydrogen-bond acceptors (Lipinski definition) is 0. The zero-order valence-electron chi connectivity index (χ0n) is 7.43. The molecule has 0 N–H and O–H groups in total. The van der Waals surface area contributed by atoms with Crippen molar-refractivity contribution in [3.05, 3.63) is 36.0 Å². The normalized spacial score (nSPS) is 25.1. The van der Waals surface area contributed by atoms with E-state index in [9.17, 15) is 0 Å². The van der Waals surface area contributed by atoms with Crippen LogP contribution < -0.4 is 0 Å². The molecule has 0 saturated heterocycles. The summed E-state index contributed by atoms with van der Waals surface area (Å²) < 4.78 is 0. The van der Waals surface area contributed by atoms with Crippen LogP contribution in [0, 0.1) is 5.92 Å². The topological polar surface area (TPSA) is 0 Å². The standard InChI is InChI=1S/C11H16/c1-4-6-10-8-7-9(3)11(10)5-2/h4-6,9H,2,7-8H2,1,3H3/b6-4-. The molecule has 11 heavy (non-hydrogen) atoms. The monoisotopic (exact) mass is 148 g/mol. The van der Waals surface area contributed by atoms with Gasteiger partial charge in [0.25, 0.3) is 0 Å². The van der Waals surface area contributed by atoms with Gasteiger partial charge in [0.2, 0.25) is 0 Å². The van der Waals surface area contributed by atoms with Crippen LogP contribution in [0.5, 0.6) is 0 Å². The minimum atomic E-state index is 0.721. The SMILES string of the molecule is C=CC1=C(/C=C\C)CCC1C. The maximum Gasteiger partial charge on any atom is -0.0185 e. The molecule has 0 aliphatic heterocycles. The largest absolute Gasteiger partial charge is 0.0988 e. The maximum atomic E-state index is 3.83. The van der Waals surface area contributed by atoms with Gasteiger partial charge in [-0.1, -0.05) is 31.7 Å². The first kappa shape index (κ1) is 8.32. The third-order valence-electron chi connectivity index (χ3n) is 2.34. The number of rotatable bonds is 2. The molecule has 0 aromatic heterocycles. The summed E-state index contributed by atoms with van der Waals surface area (Å²) in [4.78, 5) is 0. The molecule has 0 nitrogen and oxygen atoms in total. The molecule has 1 aliphatic rings. The van der Waals surface area contributed by atoms with E-state index in [4.69, 9.17) is 0 Å². The van der Waals surface area contributed by atoms with Gasteiger partial charge in [0.15, 0.2) is 0 Å². The van der Waals surface area contributed by atoms with Crippen LogP contribution in [0.3, 0.4) is 0 Å². The second-order valence-corrected chi connectivity index (χ2v) is 3.12. The van der Waals surface area contributed by atoms with Gasteiger partial charge in [-0.05, 0) is 36.8 Å². The average molecular weight is 148 g/mol. The molecule has 0 amide bonds. The molecule has 0 bridgehead atoms. The molecule has 0 spiro atoms. The van der Waals surface area contributed by atoms with Crippen molar-refractivity contribution in [3.63, 3.8) is 0 Å². The maximum absolute atomic E-state index is 3.83. The van der Waals surface area contributed by atoms with Crippen LogP contribution >= 0.6 is 0 Å². The van der Waals surface area contributed by atoms with Gasteiger partial charge in [0, 0.05) is 0 Å². The molecule has 0 fully saturated rings. The summed E-state index contributed by atoms with van der Waals surface area (Å²) in [7, 11) is 0. The first-order chi connectivity index (χ1) is 5.29. The third kappa shape index (κ3) is 1.62. The Morgan fingerprint density at radius 2 is 2.27 bits per heavy atom. The zero-order valence-corrected chi connectivity index (χ0v) is 7.43. The van der Waals surface area contributed by atoms with E-state index >= 15 is 0 Å². The van der Waals surface area contributed by atoms with Crippen LogP contribution in [0.4, 0.5) is 0 Å². The van der Waals surface area contributed by atoms with Crippen molar-refractivity contribution in [1.29, 1.82) is 0 Å².